The Labute approximate surface area is 131 Å². The lowest BCUT2D eigenvalue weighted by Gasteiger charge is -2.11. The van der Waals surface area contributed by atoms with Crippen LogP contribution in [0, 0.1) is 0 Å². The van der Waals surface area contributed by atoms with Gasteiger partial charge < -0.3 is 11.1 Å². The lowest BCUT2D eigenvalue weighted by atomic mass is 10.0. The fourth-order valence-corrected chi connectivity index (χ4v) is 2.59. The molecule has 1 unspecified atom stereocenters. The lowest BCUT2D eigenvalue weighted by Crippen LogP contribution is -2.33. The van der Waals surface area contributed by atoms with E-state index in [2.05, 4.69) is 10.3 Å². The Kier molecular flexibility index (Phi) is 3.68. The Morgan fingerprint density at radius 2 is 1.90 bits per heavy atom. The predicted molar refractivity (Wildman–Crippen MR) is 85.1 cm³/mol. The third-order valence-corrected chi connectivity index (χ3v) is 3.70. The molecule has 2 aromatic rings. The van der Waals surface area contributed by atoms with Gasteiger partial charge >= 0.3 is 0 Å². The quantitative estimate of drug-likeness (QED) is 0.848. The van der Waals surface area contributed by atoms with Gasteiger partial charge in [-0.3, -0.25) is 9.79 Å². The van der Waals surface area contributed by atoms with Crippen LogP contribution in [0.3, 0.4) is 0 Å². The highest BCUT2D eigenvalue weighted by atomic mass is 35.5. The average Bonchev–Trinajstić information content (AvgIpc) is 2.58. The summed E-state index contributed by atoms with van der Waals surface area (Å²) in [6.07, 6.45) is -0.998. The zero-order valence-corrected chi connectivity index (χ0v) is 12.3. The van der Waals surface area contributed by atoms with Gasteiger partial charge in [0.2, 0.25) is 0 Å². The van der Waals surface area contributed by atoms with E-state index in [1.165, 1.54) is 0 Å². The Hall–Kier alpha value is -1.88. The zero-order valence-electron chi connectivity index (χ0n) is 10.8. The minimum Gasteiger partial charge on any atom is -0.321 e. The lowest BCUT2D eigenvalue weighted by molar-refractivity contribution is -0.117. The summed E-state index contributed by atoms with van der Waals surface area (Å²) in [7, 11) is 0. The minimum atomic E-state index is -0.998. The van der Waals surface area contributed by atoms with Crippen molar-refractivity contribution in [2.45, 2.75) is 6.17 Å². The summed E-state index contributed by atoms with van der Waals surface area (Å²) in [4.78, 5) is 16.3. The molecule has 0 bridgehead atoms. The van der Waals surface area contributed by atoms with E-state index < -0.39 is 12.1 Å². The van der Waals surface area contributed by atoms with Gasteiger partial charge in [0.05, 0.1) is 16.4 Å². The van der Waals surface area contributed by atoms with Crippen molar-refractivity contribution in [2.24, 2.45) is 10.7 Å². The molecule has 2 aromatic carbocycles. The van der Waals surface area contributed by atoms with Gasteiger partial charge in [0.1, 0.15) is 0 Å². The number of hydrogen-bond donors (Lipinski definition) is 2. The van der Waals surface area contributed by atoms with E-state index in [-0.39, 0.29) is 0 Å². The van der Waals surface area contributed by atoms with Crippen molar-refractivity contribution in [3.63, 3.8) is 0 Å². The topological polar surface area (TPSA) is 67.5 Å². The third-order valence-electron chi connectivity index (χ3n) is 3.15. The van der Waals surface area contributed by atoms with E-state index in [1.807, 2.05) is 18.2 Å². The van der Waals surface area contributed by atoms with Gasteiger partial charge in [0.15, 0.2) is 6.17 Å². The van der Waals surface area contributed by atoms with Crippen molar-refractivity contribution in [3.05, 3.63) is 63.6 Å². The number of nitrogens with two attached hydrogens (primary N) is 1. The first-order valence-electron chi connectivity index (χ1n) is 6.25. The van der Waals surface area contributed by atoms with Crippen LogP contribution in [0.4, 0.5) is 5.69 Å². The number of nitrogens with zero attached hydrogens (tertiary/aromatic N) is 1. The summed E-state index contributed by atoms with van der Waals surface area (Å²) in [6, 6.07) is 12.5. The van der Waals surface area contributed by atoms with Gasteiger partial charge in [-0.25, -0.2) is 0 Å². The van der Waals surface area contributed by atoms with Crippen LogP contribution in [0.5, 0.6) is 0 Å². The van der Waals surface area contributed by atoms with Crippen LogP contribution < -0.4 is 11.1 Å². The summed E-state index contributed by atoms with van der Waals surface area (Å²) in [6.45, 7) is 0. The SMILES string of the molecule is NC1N=C(c2cccc(Cl)c2)c2cccc(Cl)c2NC1=O. The van der Waals surface area contributed by atoms with Gasteiger partial charge in [-0.2, -0.15) is 0 Å². The van der Waals surface area contributed by atoms with E-state index in [9.17, 15) is 4.79 Å². The van der Waals surface area contributed by atoms with Crippen LogP contribution in [0.25, 0.3) is 0 Å². The fraction of sp³-hybridized carbons (Fsp3) is 0.0667. The molecule has 0 saturated carbocycles. The Morgan fingerprint density at radius 3 is 2.67 bits per heavy atom. The van der Waals surface area contributed by atoms with Crippen LogP contribution >= 0.6 is 23.2 Å². The van der Waals surface area contributed by atoms with Gasteiger partial charge in [0, 0.05) is 16.1 Å². The summed E-state index contributed by atoms with van der Waals surface area (Å²) in [5.74, 6) is -0.402. The highest BCUT2D eigenvalue weighted by molar-refractivity contribution is 6.36. The van der Waals surface area contributed by atoms with Crippen LogP contribution in [-0.2, 0) is 4.79 Å². The van der Waals surface area contributed by atoms with E-state index in [4.69, 9.17) is 28.9 Å². The van der Waals surface area contributed by atoms with Gasteiger partial charge in [-0.15, -0.1) is 0 Å². The molecule has 4 nitrogen and oxygen atoms in total. The number of carbonyl (C=O) groups is 1. The second kappa shape index (κ2) is 5.48. The maximum atomic E-state index is 11.9. The molecule has 0 saturated heterocycles. The zero-order chi connectivity index (χ0) is 15.0. The number of hydrogen-bond acceptors (Lipinski definition) is 3. The second-order valence-corrected chi connectivity index (χ2v) is 5.43. The highest BCUT2D eigenvalue weighted by Crippen LogP contribution is 2.30. The van der Waals surface area contributed by atoms with Crippen molar-refractivity contribution in [2.75, 3.05) is 5.32 Å². The van der Waals surface area contributed by atoms with E-state index >= 15 is 0 Å². The van der Waals surface area contributed by atoms with Gasteiger partial charge in [-0.1, -0.05) is 47.5 Å². The number of halogens is 2. The Morgan fingerprint density at radius 1 is 1.14 bits per heavy atom. The maximum absolute atomic E-state index is 11.9. The average molecular weight is 320 g/mol. The number of benzodiazepines with no additional fused rings is 1. The molecule has 1 aliphatic rings. The molecule has 106 valence electrons. The van der Waals surface area contributed by atoms with Crippen LogP contribution in [0.2, 0.25) is 10.0 Å². The van der Waals surface area contributed by atoms with E-state index in [1.54, 1.807) is 24.3 Å². The molecule has 3 N–H and O–H groups in total. The molecule has 6 heteroatoms. The number of para-hydroxylation sites is 1. The monoisotopic (exact) mass is 319 g/mol. The number of rotatable bonds is 1. The van der Waals surface area contributed by atoms with Crippen molar-refractivity contribution < 1.29 is 4.79 Å². The highest BCUT2D eigenvalue weighted by Gasteiger charge is 2.24. The first kappa shape index (κ1) is 14.1. The van der Waals surface area contributed by atoms with E-state index in [0.29, 0.717) is 27.0 Å². The number of anilines is 1. The summed E-state index contributed by atoms with van der Waals surface area (Å²) >= 11 is 12.2. The molecular weight excluding hydrogens is 309 g/mol. The van der Waals surface area contributed by atoms with Crippen molar-refractivity contribution in [1.29, 1.82) is 0 Å². The molecule has 1 heterocycles. The summed E-state index contributed by atoms with van der Waals surface area (Å²) < 4.78 is 0. The normalized spacial score (nSPS) is 17.6. The first-order chi connectivity index (χ1) is 10.1. The van der Waals surface area contributed by atoms with Crippen molar-refractivity contribution >= 4 is 40.5 Å². The molecule has 1 atom stereocenters. The van der Waals surface area contributed by atoms with Crippen molar-refractivity contribution in [1.82, 2.24) is 0 Å². The molecule has 3 rings (SSSR count). The predicted octanol–water partition coefficient (Wildman–Crippen LogP) is 3.07. The van der Waals surface area contributed by atoms with Crippen molar-refractivity contribution in [3.8, 4) is 0 Å². The number of aliphatic imine (C=N–C) groups is 1. The molecule has 0 aliphatic carbocycles. The smallest absolute Gasteiger partial charge is 0.263 e. The number of carbonyl (C=O) groups excluding carboxylic acids is 1. The molecule has 1 amide bonds. The maximum Gasteiger partial charge on any atom is 0.263 e. The molecule has 21 heavy (non-hydrogen) atoms. The molecule has 0 aromatic heterocycles. The largest absolute Gasteiger partial charge is 0.321 e. The summed E-state index contributed by atoms with van der Waals surface area (Å²) in [5, 5.41) is 3.73. The molecular formula is C15H11Cl2N3O. The number of amides is 1. The number of fused-ring (bicyclic) bond motifs is 1. The molecule has 0 radical (unpaired) electrons. The standard InChI is InChI=1S/C15H11Cl2N3O/c16-9-4-1-3-8(7-9)12-10-5-2-6-11(17)13(10)20-15(21)14(18)19-12/h1-7,14H,18H2,(H,20,21). The van der Waals surface area contributed by atoms with Crippen LogP contribution in [-0.4, -0.2) is 17.8 Å². The second-order valence-electron chi connectivity index (χ2n) is 4.58. The summed E-state index contributed by atoms with van der Waals surface area (Å²) in [5.41, 5.74) is 8.38. The minimum absolute atomic E-state index is 0.402. The van der Waals surface area contributed by atoms with Gasteiger partial charge in [-0.05, 0) is 18.2 Å². The van der Waals surface area contributed by atoms with E-state index in [0.717, 1.165) is 5.56 Å². The Balaban J connectivity index is 2.25. The molecule has 0 fully saturated rings. The first-order valence-corrected chi connectivity index (χ1v) is 7.01. The molecule has 0 spiro atoms. The Bertz CT molecular complexity index is 758. The van der Waals surface area contributed by atoms with Gasteiger partial charge in [0.25, 0.3) is 5.91 Å². The van der Waals surface area contributed by atoms with Crippen LogP contribution in [0.15, 0.2) is 47.5 Å². The van der Waals surface area contributed by atoms with Crippen LogP contribution in [0.1, 0.15) is 11.1 Å². The number of nitrogens with one attached hydrogen (secondary N) is 1. The fourth-order valence-electron chi connectivity index (χ4n) is 2.18. The number of benzene rings is 2. The molecule has 1 aliphatic heterocycles. The third kappa shape index (κ3) is 2.65.